The van der Waals surface area contributed by atoms with Crippen LogP contribution in [0, 0.1) is 5.92 Å². The number of amides is 1. The van der Waals surface area contributed by atoms with E-state index in [9.17, 15) is 13.2 Å². The molecule has 0 saturated carbocycles. The van der Waals surface area contributed by atoms with Crippen molar-refractivity contribution in [3.05, 3.63) is 29.8 Å². The Morgan fingerprint density at radius 3 is 2.24 bits per heavy atom. The number of carboxylic acid groups (broad SMARTS) is 1. The maximum atomic E-state index is 11.6. The maximum Gasteiger partial charge on any atom is 0.407 e. The summed E-state index contributed by atoms with van der Waals surface area (Å²) in [5.74, 6) is 1.86. The van der Waals surface area contributed by atoms with Crippen molar-refractivity contribution < 1.29 is 23.1 Å². The SMILES string of the molecule is CS(=O)(=O)N1CCC(c2ccc(OCCCC3CCN(C(=O)O)CC3)cc2)CC1. The molecule has 2 heterocycles. The summed E-state index contributed by atoms with van der Waals surface area (Å²) in [6.45, 7) is 3.14. The molecule has 0 aliphatic carbocycles. The quantitative estimate of drug-likeness (QED) is 0.678. The highest BCUT2D eigenvalue weighted by atomic mass is 32.2. The number of benzene rings is 1. The molecule has 8 heteroatoms. The minimum atomic E-state index is -3.08. The van der Waals surface area contributed by atoms with Gasteiger partial charge in [0, 0.05) is 26.2 Å². The van der Waals surface area contributed by atoms with Crippen molar-refractivity contribution in [1.29, 1.82) is 0 Å². The summed E-state index contributed by atoms with van der Waals surface area (Å²) in [5, 5.41) is 8.99. The lowest BCUT2D eigenvalue weighted by Gasteiger charge is -2.30. The highest BCUT2D eigenvalue weighted by Gasteiger charge is 2.25. The first-order valence-corrected chi connectivity index (χ1v) is 12.3. The predicted molar refractivity (Wildman–Crippen MR) is 112 cm³/mol. The summed E-state index contributed by atoms with van der Waals surface area (Å²) in [4.78, 5) is 12.4. The van der Waals surface area contributed by atoms with Gasteiger partial charge < -0.3 is 14.7 Å². The lowest BCUT2D eigenvalue weighted by Crippen LogP contribution is -2.37. The molecule has 0 radical (unpaired) electrons. The second-order valence-corrected chi connectivity index (χ2v) is 10.2. The van der Waals surface area contributed by atoms with E-state index in [4.69, 9.17) is 9.84 Å². The predicted octanol–water partition coefficient (Wildman–Crippen LogP) is 3.37. The molecule has 0 spiro atoms. The Balaban J connectivity index is 1.35. The van der Waals surface area contributed by atoms with E-state index in [0.29, 0.717) is 44.6 Å². The Hall–Kier alpha value is -1.80. The summed E-state index contributed by atoms with van der Waals surface area (Å²) in [5.41, 5.74) is 1.25. The fourth-order valence-corrected chi connectivity index (χ4v) is 5.21. The second kappa shape index (κ2) is 9.80. The Kier molecular flexibility index (Phi) is 7.40. The first-order valence-electron chi connectivity index (χ1n) is 10.5. The molecule has 0 atom stereocenters. The summed E-state index contributed by atoms with van der Waals surface area (Å²) < 4.78 is 30.7. The minimum absolute atomic E-state index is 0.402. The average Bonchev–Trinajstić information content (AvgIpc) is 2.71. The molecule has 3 rings (SSSR count). The van der Waals surface area contributed by atoms with Crippen molar-refractivity contribution in [2.75, 3.05) is 39.0 Å². The molecule has 29 heavy (non-hydrogen) atoms. The molecule has 2 saturated heterocycles. The van der Waals surface area contributed by atoms with E-state index in [1.165, 1.54) is 16.7 Å². The number of rotatable bonds is 7. The summed E-state index contributed by atoms with van der Waals surface area (Å²) >= 11 is 0. The van der Waals surface area contributed by atoms with Gasteiger partial charge in [0.25, 0.3) is 0 Å². The maximum absolute atomic E-state index is 11.6. The van der Waals surface area contributed by atoms with Crippen LogP contribution >= 0.6 is 0 Å². The zero-order chi connectivity index (χ0) is 20.9. The van der Waals surface area contributed by atoms with E-state index in [1.807, 2.05) is 12.1 Å². The van der Waals surface area contributed by atoms with Crippen LogP contribution in [0.3, 0.4) is 0 Å². The number of nitrogens with zero attached hydrogens (tertiary/aromatic N) is 2. The van der Waals surface area contributed by atoms with E-state index in [-0.39, 0.29) is 0 Å². The van der Waals surface area contributed by atoms with Crippen molar-refractivity contribution in [3.8, 4) is 5.75 Å². The standard InChI is InChI=1S/C21H32N2O5S/c1-29(26,27)23-14-10-19(11-15-23)18-4-6-20(7-5-18)28-16-2-3-17-8-12-22(13-9-17)21(24)25/h4-7,17,19H,2-3,8-16H2,1H3,(H,24,25). The van der Waals surface area contributed by atoms with Crippen LogP contribution in [0.5, 0.6) is 5.75 Å². The van der Waals surface area contributed by atoms with E-state index >= 15 is 0 Å². The normalized spacial score (nSPS) is 20.0. The highest BCUT2D eigenvalue weighted by Crippen LogP contribution is 2.30. The first-order chi connectivity index (χ1) is 13.8. The van der Waals surface area contributed by atoms with Crippen LogP contribution in [0.25, 0.3) is 0 Å². The largest absolute Gasteiger partial charge is 0.494 e. The van der Waals surface area contributed by atoms with E-state index < -0.39 is 16.1 Å². The van der Waals surface area contributed by atoms with Crippen LogP contribution in [-0.2, 0) is 10.0 Å². The molecule has 0 bridgehead atoms. The minimum Gasteiger partial charge on any atom is -0.494 e. The number of likely N-dealkylation sites (tertiary alicyclic amines) is 1. The molecule has 1 aromatic rings. The van der Waals surface area contributed by atoms with Crippen LogP contribution in [0.1, 0.15) is 50.0 Å². The number of sulfonamides is 1. The fourth-order valence-electron chi connectivity index (χ4n) is 4.33. The van der Waals surface area contributed by atoms with E-state index in [2.05, 4.69) is 12.1 Å². The van der Waals surface area contributed by atoms with Crippen molar-refractivity contribution >= 4 is 16.1 Å². The third-order valence-corrected chi connectivity index (χ3v) is 7.49. The number of hydrogen-bond acceptors (Lipinski definition) is 4. The van der Waals surface area contributed by atoms with Gasteiger partial charge in [0.2, 0.25) is 10.0 Å². The molecule has 0 unspecified atom stereocenters. The average molecular weight is 425 g/mol. The number of piperidine rings is 2. The van der Waals surface area contributed by atoms with Gasteiger partial charge in [0.1, 0.15) is 5.75 Å². The van der Waals surface area contributed by atoms with Gasteiger partial charge in [-0.25, -0.2) is 17.5 Å². The monoisotopic (exact) mass is 424 g/mol. The van der Waals surface area contributed by atoms with Crippen molar-refractivity contribution in [3.63, 3.8) is 0 Å². The van der Waals surface area contributed by atoms with Gasteiger partial charge in [-0.05, 0) is 68.1 Å². The molecule has 2 aliphatic rings. The van der Waals surface area contributed by atoms with Crippen molar-refractivity contribution in [1.82, 2.24) is 9.21 Å². The van der Waals surface area contributed by atoms with Gasteiger partial charge >= 0.3 is 6.09 Å². The Bertz CT molecular complexity index is 765. The molecule has 1 amide bonds. The van der Waals surface area contributed by atoms with Gasteiger partial charge in [0.15, 0.2) is 0 Å². The number of hydrogen-bond donors (Lipinski definition) is 1. The molecule has 1 aromatic carbocycles. The van der Waals surface area contributed by atoms with Gasteiger partial charge in [-0.2, -0.15) is 0 Å². The van der Waals surface area contributed by atoms with Crippen LogP contribution < -0.4 is 4.74 Å². The molecule has 1 N–H and O–H groups in total. The van der Waals surface area contributed by atoms with Gasteiger partial charge in [0.05, 0.1) is 12.9 Å². The van der Waals surface area contributed by atoms with Crippen LogP contribution in [0.2, 0.25) is 0 Å². The van der Waals surface area contributed by atoms with Crippen molar-refractivity contribution in [2.45, 2.75) is 44.4 Å². The zero-order valence-electron chi connectivity index (χ0n) is 17.1. The first kappa shape index (κ1) is 21.9. The Morgan fingerprint density at radius 1 is 1.07 bits per heavy atom. The Labute approximate surface area is 173 Å². The van der Waals surface area contributed by atoms with Crippen LogP contribution in [0.4, 0.5) is 4.79 Å². The molecule has 162 valence electrons. The molecule has 0 aromatic heterocycles. The lowest BCUT2D eigenvalue weighted by atomic mass is 9.90. The smallest absolute Gasteiger partial charge is 0.407 e. The third-order valence-electron chi connectivity index (χ3n) is 6.18. The van der Waals surface area contributed by atoms with Crippen LogP contribution in [-0.4, -0.2) is 67.9 Å². The molecule has 2 fully saturated rings. The zero-order valence-corrected chi connectivity index (χ0v) is 17.9. The van der Waals surface area contributed by atoms with Crippen molar-refractivity contribution in [2.24, 2.45) is 5.92 Å². The third kappa shape index (κ3) is 6.34. The van der Waals surface area contributed by atoms with Gasteiger partial charge in [-0.3, -0.25) is 0 Å². The van der Waals surface area contributed by atoms with E-state index in [0.717, 1.165) is 44.3 Å². The van der Waals surface area contributed by atoms with Gasteiger partial charge in [-0.15, -0.1) is 0 Å². The highest BCUT2D eigenvalue weighted by molar-refractivity contribution is 7.88. The number of ether oxygens (including phenoxy) is 1. The lowest BCUT2D eigenvalue weighted by molar-refractivity contribution is 0.121. The van der Waals surface area contributed by atoms with E-state index in [1.54, 1.807) is 4.31 Å². The molecular formula is C21H32N2O5S. The molecule has 2 aliphatic heterocycles. The topological polar surface area (TPSA) is 87.2 Å². The van der Waals surface area contributed by atoms with Gasteiger partial charge in [-0.1, -0.05) is 12.1 Å². The number of carbonyl (C=O) groups is 1. The molecule has 7 nitrogen and oxygen atoms in total. The van der Waals surface area contributed by atoms with Crippen LogP contribution in [0.15, 0.2) is 24.3 Å². The Morgan fingerprint density at radius 2 is 1.69 bits per heavy atom. The fraction of sp³-hybridized carbons (Fsp3) is 0.667. The molecular weight excluding hydrogens is 392 g/mol. The summed E-state index contributed by atoms with van der Waals surface area (Å²) in [7, 11) is -3.08. The summed E-state index contributed by atoms with van der Waals surface area (Å²) in [6.07, 6.45) is 6.11. The summed E-state index contributed by atoms with van der Waals surface area (Å²) in [6, 6.07) is 8.20. The second-order valence-electron chi connectivity index (χ2n) is 8.21.